The standard InChI is InChI=1S/C10H16N4O3/c1-3-5-7-12-8(14-13-7)9(15)11-6(4-2)10(16)17/h6H,3-5H2,1-2H3,(H,11,15)(H,16,17)(H,12,13,14)/t6-/m0/s1. The highest BCUT2D eigenvalue weighted by molar-refractivity contribution is 5.93. The summed E-state index contributed by atoms with van der Waals surface area (Å²) >= 11 is 0. The van der Waals surface area contributed by atoms with Gasteiger partial charge in [-0.15, -0.1) is 5.10 Å². The lowest BCUT2D eigenvalue weighted by Crippen LogP contribution is -2.40. The number of carboxylic acids is 1. The maximum absolute atomic E-state index is 11.6. The number of carbonyl (C=O) groups excluding carboxylic acids is 1. The fourth-order valence-electron chi connectivity index (χ4n) is 1.31. The summed E-state index contributed by atoms with van der Waals surface area (Å²) in [5.41, 5.74) is 0. The molecule has 0 radical (unpaired) electrons. The topological polar surface area (TPSA) is 108 Å². The van der Waals surface area contributed by atoms with Gasteiger partial charge in [0.15, 0.2) is 0 Å². The van der Waals surface area contributed by atoms with Crippen LogP contribution in [0.15, 0.2) is 0 Å². The smallest absolute Gasteiger partial charge is 0.326 e. The first kappa shape index (κ1) is 13.1. The maximum Gasteiger partial charge on any atom is 0.326 e. The lowest BCUT2D eigenvalue weighted by atomic mass is 10.2. The van der Waals surface area contributed by atoms with Crippen LogP contribution in [0.2, 0.25) is 0 Å². The van der Waals surface area contributed by atoms with E-state index in [1.165, 1.54) is 0 Å². The van der Waals surface area contributed by atoms with Crippen molar-refractivity contribution in [2.24, 2.45) is 0 Å². The molecule has 7 heteroatoms. The second kappa shape index (κ2) is 5.97. The van der Waals surface area contributed by atoms with Crippen LogP contribution in [-0.4, -0.2) is 38.2 Å². The molecule has 3 N–H and O–H groups in total. The molecule has 0 saturated carbocycles. The van der Waals surface area contributed by atoms with E-state index in [0.29, 0.717) is 18.7 Å². The minimum Gasteiger partial charge on any atom is -0.480 e. The quantitative estimate of drug-likeness (QED) is 0.665. The summed E-state index contributed by atoms with van der Waals surface area (Å²) in [4.78, 5) is 26.3. The van der Waals surface area contributed by atoms with Gasteiger partial charge in [0.2, 0.25) is 5.82 Å². The third kappa shape index (κ3) is 3.54. The number of H-pyrrole nitrogens is 1. The van der Waals surface area contributed by atoms with E-state index in [9.17, 15) is 9.59 Å². The van der Waals surface area contributed by atoms with Crippen LogP contribution >= 0.6 is 0 Å². The molecule has 0 bridgehead atoms. The average molecular weight is 240 g/mol. The van der Waals surface area contributed by atoms with E-state index < -0.39 is 17.9 Å². The van der Waals surface area contributed by atoms with E-state index >= 15 is 0 Å². The molecule has 0 aromatic carbocycles. The molecule has 1 atom stereocenters. The van der Waals surface area contributed by atoms with Gasteiger partial charge in [0.25, 0.3) is 5.91 Å². The molecule has 1 aromatic heterocycles. The van der Waals surface area contributed by atoms with Crippen LogP contribution in [0.5, 0.6) is 0 Å². The molecular formula is C10H16N4O3. The number of rotatable bonds is 6. The number of carbonyl (C=O) groups is 2. The predicted molar refractivity (Wildman–Crippen MR) is 59.6 cm³/mol. The molecule has 0 aliphatic rings. The number of carboxylic acid groups (broad SMARTS) is 1. The van der Waals surface area contributed by atoms with E-state index in [2.05, 4.69) is 20.5 Å². The number of nitrogens with one attached hydrogen (secondary N) is 2. The van der Waals surface area contributed by atoms with Crippen molar-refractivity contribution in [1.29, 1.82) is 0 Å². The molecule has 0 aliphatic heterocycles. The van der Waals surface area contributed by atoms with Gasteiger partial charge in [0.05, 0.1) is 0 Å². The Hall–Kier alpha value is -1.92. The molecule has 1 heterocycles. The molecule has 1 rings (SSSR count). The molecule has 0 fully saturated rings. The SMILES string of the molecule is CCCc1nc(C(=O)N[C@@H](CC)C(=O)O)n[nH]1. The molecule has 0 unspecified atom stereocenters. The Morgan fingerprint density at radius 2 is 2.18 bits per heavy atom. The number of aliphatic carboxylic acids is 1. The van der Waals surface area contributed by atoms with Gasteiger partial charge in [0.1, 0.15) is 11.9 Å². The summed E-state index contributed by atoms with van der Waals surface area (Å²) in [7, 11) is 0. The van der Waals surface area contributed by atoms with Crippen molar-refractivity contribution in [1.82, 2.24) is 20.5 Å². The van der Waals surface area contributed by atoms with Crippen LogP contribution in [0.25, 0.3) is 0 Å². The van der Waals surface area contributed by atoms with Crippen LogP contribution in [0.4, 0.5) is 0 Å². The molecule has 7 nitrogen and oxygen atoms in total. The third-order valence-electron chi connectivity index (χ3n) is 2.23. The Morgan fingerprint density at radius 1 is 1.47 bits per heavy atom. The van der Waals surface area contributed by atoms with Gasteiger partial charge < -0.3 is 10.4 Å². The van der Waals surface area contributed by atoms with E-state index in [1.807, 2.05) is 6.92 Å². The summed E-state index contributed by atoms with van der Waals surface area (Å²) in [5, 5.41) is 17.5. The summed E-state index contributed by atoms with van der Waals surface area (Å²) in [6, 6.07) is -0.907. The van der Waals surface area contributed by atoms with Crippen LogP contribution in [0, 0.1) is 0 Å². The van der Waals surface area contributed by atoms with Crippen molar-refractivity contribution in [3.05, 3.63) is 11.6 Å². The van der Waals surface area contributed by atoms with Gasteiger partial charge in [-0.2, -0.15) is 0 Å². The fraction of sp³-hybridized carbons (Fsp3) is 0.600. The number of nitrogens with zero attached hydrogens (tertiary/aromatic N) is 2. The van der Waals surface area contributed by atoms with Crippen LogP contribution in [0.1, 0.15) is 43.1 Å². The summed E-state index contributed by atoms with van der Waals surface area (Å²) in [5.74, 6) is -1.03. The first-order chi connectivity index (χ1) is 8.08. The lowest BCUT2D eigenvalue weighted by molar-refractivity contribution is -0.139. The monoisotopic (exact) mass is 240 g/mol. The number of hydrogen-bond acceptors (Lipinski definition) is 4. The molecule has 1 aromatic rings. The largest absolute Gasteiger partial charge is 0.480 e. The van der Waals surface area contributed by atoms with Gasteiger partial charge in [-0.1, -0.05) is 13.8 Å². The predicted octanol–water partition coefficient (Wildman–Crippen LogP) is 0.350. The first-order valence-electron chi connectivity index (χ1n) is 5.53. The number of amides is 1. The highest BCUT2D eigenvalue weighted by Gasteiger charge is 2.20. The number of aromatic nitrogens is 3. The fourth-order valence-corrected chi connectivity index (χ4v) is 1.31. The van der Waals surface area contributed by atoms with Gasteiger partial charge in [-0.25, -0.2) is 9.78 Å². The van der Waals surface area contributed by atoms with Gasteiger partial charge in [0, 0.05) is 6.42 Å². The van der Waals surface area contributed by atoms with Gasteiger partial charge in [-0.05, 0) is 12.8 Å². The second-order valence-electron chi connectivity index (χ2n) is 3.63. The Balaban J connectivity index is 2.65. The first-order valence-corrected chi connectivity index (χ1v) is 5.53. The molecule has 94 valence electrons. The van der Waals surface area contributed by atoms with Crippen LogP contribution in [0.3, 0.4) is 0 Å². The van der Waals surface area contributed by atoms with Crippen LogP contribution in [-0.2, 0) is 11.2 Å². The normalized spacial score (nSPS) is 12.1. The summed E-state index contributed by atoms with van der Waals surface area (Å²) in [6.07, 6.45) is 1.91. The Morgan fingerprint density at radius 3 is 2.71 bits per heavy atom. The van der Waals surface area contributed by atoms with E-state index in [4.69, 9.17) is 5.11 Å². The Kier molecular flexibility index (Phi) is 4.62. The van der Waals surface area contributed by atoms with Crippen molar-refractivity contribution in [3.63, 3.8) is 0 Å². The maximum atomic E-state index is 11.6. The lowest BCUT2D eigenvalue weighted by Gasteiger charge is -2.09. The van der Waals surface area contributed by atoms with Gasteiger partial charge in [-0.3, -0.25) is 9.89 Å². The molecule has 1 amide bonds. The van der Waals surface area contributed by atoms with E-state index in [-0.39, 0.29) is 5.82 Å². The van der Waals surface area contributed by atoms with Gasteiger partial charge >= 0.3 is 5.97 Å². The molecule has 0 saturated heterocycles. The zero-order valence-corrected chi connectivity index (χ0v) is 9.86. The minimum atomic E-state index is -1.06. The Labute approximate surface area is 98.6 Å². The van der Waals surface area contributed by atoms with Crippen molar-refractivity contribution in [3.8, 4) is 0 Å². The second-order valence-corrected chi connectivity index (χ2v) is 3.63. The van der Waals surface area contributed by atoms with Crippen molar-refractivity contribution in [2.75, 3.05) is 0 Å². The zero-order chi connectivity index (χ0) is 12.8. The molecule has 17 heavy (non-hydrogen) atoms. The average Bonchev–Trinajstić information content (AvgIpc) is 2.74. The van der Waals surface area contributed by atoms with Crippen molar-refractivity contribution >= 4 is 11.9 Å². The minimum absolute atomic E-state index is 0.0202. The number of aryl methyl sites for hydroxylation is 1. The van der Waals surface area contributed by atoms with Crippen molar-refractivity contribution < 1.29 is 14.7 Å². The molecule has 0 aliphatic carbocycles. The van der Waals surface area contributed by atoms with Crippen LogP contribution < -0.4 is 5.32 Å². The highest BCUT2D eigenvalue weighted by atomic mass is 16.4. The van der Waals surface area contributed by atoms with E-state index in [1.54, 1.807) is 6.92 Å². The number of aromatic amines is 1. The third-order valence-corrected chi connectivity index (χ3v) is 2.23. The van der Waals surface area contributed by atoms with Crippen molar-refractivity contribution in [2.45, 2.75) is 39.2 Å². The molecular weight excluding hydrogens is 224 g/mol. The Bertz CT molecular complexity index is 402. The summed E-state index contributed by atoms with van der Waals surface area (Å²) in [6.45, 7) is 3.67. The molecule has 0 spiro atoms. The van der Waals surface area contributed by atoms with E-state index in [0.717, 1.165) is 6.42 Å². The highest BCUT2D eigenvalue weighted by Crippen LogP contribution is 1.98. The summed E-state index contributed by atoms with van der Waals surface area (Å²) < 4.78 is 0. The zero-order valence-electron chi connectivity index (χ0n) is 9.86. The number of hydrogen-bond donors (Lipinski definition) is 3.